The maximum absolute atomic E-state index is 13.2. The Labute approximate surface area is 147 Å². The molecule has 0 spiro atoms. The number of aliphatic carboxylic acids is 1. The fraction of sp³-hybridized carbons (Fsp3) is 0.529. The number of likely N-dealkylation sites (N-methyl/N-ethyl adjacent to an activating group) is 1. The Balaban J connectivity index is 0.00000288. The van der Waals surface area contributed by atoms with Crippen molar-refractivity contribution in [1.29, 1.82) is 0 Å². The van der Waals surface area contributed by atoms with Crippen LogP contribution >= 0.6 is 12.4 Å². The third-order valence-electron chi connectivity index (χ3n) is 4.29. The van der Waals surface area contributed by atoms with Crippen molar-refractivity contribution in [3.8, 4) is 0 Å². The molecule has 1 aromatic rings. The molecule has 1 fully saturated rings. The van der Waals surface area contributed by atoms with Crippen molar-refractivity contribution < 1.29 is 19.1 Å². The first-order chi connectivity index (χ1) is 11.0. The first-order valence-corrected chi connectivity index (χ1v) is 7.97. The van der Waals surface area contributed by atoms with Gasteiger partial charge in [0.05, 0.1) is 12.5 Å². The molecule has 1 N–H and O–H groups in total. The van der Waals surface area contributed by atoms with E-state index in [2.05, 4.69) is 0 Å². The molecule has 1 amide bonds. The molecule has 0 aromatic heterocycles. The summed E-state index contributed by atoms with van der Waals surface area (Å²) in [6, 6.07) is 6.26. The van der Waals surface area contributed by atoms with Gasteiger partial charge in [0.2, 0.25) is 5.91 Å². The highest BCUT2D eigenvalue weighted by molar-refractivity contribution is 5.85. The van der Waals surface area contributed by atoms with Crippen molar-refractivity contribution in [2.75, 3.05) is 26.2 Å². The number of carboxylic acid groups (broad SMARTS) is 1. The van der Waals surface area contributed by atoms with E-state index in [1.165, 1.54) is 12.1 Å². The van der Waals surface area contributed by atoms with E-state index in [-0.39, 0.29) is 36.6 Å². The van der Waals surface area contributed by atoms with Crippen LogP contribution in [0.4, 0.5) is 4.39 Å². The normalized spacial score (nSPS) is 15.6. The zero-order chi connectivity index (χ0) is 16.8. The Hall–Kier alpha value is -1.66. The molecule has 1 saturated heterocycles. The van der Waals surface area contributed by atoms with Gasteiger partial charge in [-0.05, 0) is 50.6 Å². The molecule has 0 radical (unpaired) electrons. The van der Waals surface area contributed by atoms with Gasteiger partial charge in [-0.3, -0.25) is 14.5 Å². The van der Waals surface area contributed by atoms with Crippen LogP contribution in [0.25, 0.3) is 0 Å². The van der Waals surface area contributed by atoms with Crippen LogP contribution < -0.4 is 0 Å². The van der Waals surface area contributed by atoms with E-state index in [0.717, 1.165) is 5.56 Å². The molecule has 0 unspecified atom stereocenters. The molecule has 0 saturated carbocycles. The van der Waals surface area contributed by atoms with Gasteiger partial charge in [0, 0.05) is 13.1 Å². The van der Waals surface area contributed by atoms with Crippen molar-refractivity contribution in [3.63, 3.8) is 0 Å². The van der Waals surface area contributed by atoms with Crippen LogP contribution in [0.15, 0.2) is 24.3 Å². The minimum Gasteiger partial charge on any atom is -0.481 e. The Kier molecular flexibility index (Phi) is 8.15. The largest absolute Gasteiger partial charge is 0.481 e. The van der Waals surface area contributed by atoms with Gasteiger partial charge in [-0.2, -0.15) is 0 Å². The van der Waals surface area contributed by atoms with E-state index in [1.54, 1.807) is 17.0 Å². The number of piperidine rings is 1. The number of rotatable bonds is 6. The fourth-order valence-corrected chi connectivity index (χ4v) is 2.86. The number of hydrogen-bond donors (Lipinski definition) is 1. The smallest absolute Gasteiger partial charge is 0.306 e. The Morgan fingerprint density at radius 1 is 1.33 bits per heavy atom. The number of benzene rings is 1. The molecule has 7 heteroatoms. The molecular weight excluding hydrogens is 335 g/mol. The molecule has 1 aliphatic heterocycles. The second-order valence-electron chi connectivity index (χ2n) is 5.93. The highest BCUT2D eigenvalue weighted by atomic mass is 35.5. The van der Waals surface area contributed by atoms with Gasteiger partial charge in [0.1, 0.15) is 5.82 Å². The second-order valence-corrected chi connectivity index (χ2v) is 5.93. The van der Waals surface area contributed by atoms with E-state index >= 15 is 0 Å². The van der Waals surface area contributed by atoms with Gasteiger partial charge in [0.25, 0.3) is 0 Å². The minimum atomic E-state index is -0.753. The molecule has 1 heterocycles. The van der Waals surface area contributed by atoms with Crippen LogP contribution in [-0.2, 0) is 16.1 Å². The van der Waals surface area contributed by atoms with Crippen molar-refractivity contribution >= 4 is 24.3 Å². The quantitative estimate of drug-likeness (QED) is 0.848. The van der Waals surface area contributed by atoms with Crippen LogP contribution in [0.2, 0.25) is 0 Å². The summed E-state index contributed by atoms with van der Waals surface area (Å²) in [5.74, 6) is -1.36. The van der Waals surface area contributed by atoms with E-state index in [4.69, 9.17) is 5.11 Å². The fourth-order valence-electron chi connectivity index (χ4n) is 2.86. The summed E-state index contributed by atoms with van der Waals surface area (Å²) in [6.45, 7) is 4.38. The van der Waals surface area contributed by atoms with Gasteiger partial charge in [-0.15, -0.1) is 12.4 Å². The summed E-state index contributed by atoms with van der Waals surface area (Å²) in [6.07, 6.45) is 1.16. The molecule has 5 nitrogen and oxygen atoms in total. The molecule has 24 heavy (non-hydrogen) atoms. The van der Waals surface area contributed by atoms with Gasteiger partial charge in [-0.25, -0.2) is 4.39 Å². The maximum Gasteiger partial charge on any atom is 0.306 e. The van der Waals surface area contributed by atoms with Crippen molar-refractivity contribution in [2.24, 2.45) is 5.92 Å². The van der Waals surface area contributed by atoms with Gasteiger partial charge in [-0.1, -0.05) is 12.1 Å². The first-order valence-electron chi connectivity index (χ1n) is 7.97. The average molecular weight is 359 g/mol. The number of carbonyl (C=O) groups excluding carboxylic acids is 1. The van der Waals surface area contributed by atoms with E-state index < -0.39 is 5.97 Å². The number of halogens is 2. The number of carbonyl (C=O) groups is 2. The highest BCUT2D eigenvalue weighted by Crippen LogP contribution is 2.17. The van der Waals surface area contributed by atoms with Gasteiger partial charge >= 0.3 is 5.97 Å². The lowest BCUT2D eigenvalue weighted by atomic mass is 9.97. The van der Waals surface area contributed by atoms with E-state index in [9.17, 15) is 14.0 Å². The van der Waals surface area contributed by atoms with Crippen LogP contribution in [0.1, 0.15) is 25.3 Å². The topological polar surface area (TPSA) is 60.9 Å². The standard InChI is InChI=1S/C17H23FN2O3.ClH/c1-2-20(11-13-4-3-5-15(18)10-13)16(21)12-19-8-6-14(7-9-19)17(22)23;/h3-5,10,14H,2,6-9,11-12H2,1H3,(H,22,23);1H. The van der Waals surface area contributed by atoms with E-state index in [1.807, 2.05) is 11.8 Å². The van der Waals surface area contributed by atoms with Crippen molar-refractivity contribution in [3.05, 3.63) is 35.6 Å². The lowest BCUT2D eigenvalue weighted by Gasteiger charge is -2.31. The molecule has 0 atom stereocenters. The predicted molar refractivity (Wildman–Crippen MR) is 91.5 cm³/mol. The molecule has 0 bridgehead atoms. The van der Waals surface area contributed by atoms with Crippen molar-refractivity contribution in [1.82, 2.24) is 9.80 Å². The summed E-state index contributed by atoms with van der Waals surface area (Å²) in [5.41, 5.74) is 0.768. The number of nitrogens with zero attached hydrogens (tertiary/aromatic N) is 2. The highest BCUT2D eigenvalue weighted by Gasteiger charge is 2.26. The zero-order valence-corrected chi connectivity index (χ0v) is 14.6. The molecular formula is C17H24ClFN2O3. The molecule has 134 valence electrons. The monoisotopic (exact) mass is 358 g/mol. The number of carboxylic acids is 1. The lowest BCUT2D eigenvalue weighted by molar-refractivity contribution is -0.143. The number of hydrogen-bond acceptors (Lipinski definition) is 3. The number of amides is 1. The maximum atomic E-state index is 13.2. The summed E-state index contributed by atoms with van der Waals surface area (Å²) in [5, 5.41) is 8.99. The molecule has 0 aliphatic carbocycles. The summed E-state index contributed by atoms with van der Waals surface area (Å²) in [7, 11) is 0. The van der Waals surface area contributed by atoms with Crippen molar-refractivity contribution in [2.45, 2.75) is 26.3 Å². The summed E-state index contributed by atoms with van der Waals surface area (Å²) in [4.78, 5) is 27.1. The Morgan fingerprint density at radius 2 is 2.00 bits per heavy atom. The lowest BCUT2D eigenvalue weighted by Crippen LogP contribution is -2.44. The second kappa shape index (κ2) is 9.59. The Morgan fingerprint density at radius 3 is 2.54 bits per heavy atom. The van der Waals surface area contributed by atoms with Crippen LogP contribution in [0, 0.1) is 11.7 Å². The van der Waals surface area contributed by atoms with Crippen LogP contribution in [0.5, 0.6) is 0 Å². The van der Waals surface area contributed by atoms with Gasteiger partial charge in [0.15, 0.2) is 0 Å². The zero-order valence-electron chi connectivity index (χ0n) is 13.8. The SMILES string of the molecule is CCN(Cc1cccc(F)c1)C(=O)CN1CCC(C(=O)O)CC1.Cl. The van der Waals surface area contributed by atoms with Crippen LogP contribution in [0.3, 0.4) is 0 Å². The predicted octanol–water partition coefficient (Wildman–Crippen LogP) is 2.39. The number of likely N-dealkylation sites (tertiary alicyclic amines) is 1. The Bertz CT molecular complexity index is 563. The first kappa shape index (κ1) is 20.4. The third-order valence-corrected chi connectivity index (χ3v) is 4.29. The van der Waals surface area contributed by atoms with Gasteiger partial charge < -0.3 is 10.0 Å². The minimum absolute atomic E-state index is 0. The average Bonchev–Trinajstić information content (AvgIpc) is 2.53. The summed E-state index contributed by atoms with van der Waals surface area (Å²) < 4.78 is 13.2. The summed E-state index contributed by atoms with van der Waals surface area (Å²) >= 11 is 0. The third kappa shape index (κ3) is 5.76. The molecule has 1 aromatic carbocycles. The van der Waals surface area contributed by atoms with Crippen LogP contribution in [-0.4, -0.2) is 53.0 Å². The molecule has 1 aliphatic rings. The molecule has 2 rings (SSSR count). The van der Waals surface area contributed by atoms with E-state index in [0.29, 0.717) is 39.0 Å².